The molecule has 3 aromatic rings. The topological polar surface area (TPSA) is 68.8 Å². The summed E-state index contributed by atoms with van der Waals surface area (Å²) in [6, 6.07) is 12.6. The van der Waals surface area contributed by atoms with E-state index in [0.717, 1.165) is 10.3 Å². The summed E-state index contributed by atoms with van der Waals surface area (Å²) in [5.74, 6) is -0.311. The van der Waals surface area contributed by atoms with Crippen molar-refractivity contribution in [1.82, 2.24) is 19.7 Å². The van der Waals surface area contributed by atoms with Crippen LogP contribution in [-0.2, 0) is 6.54 Å². The molecule has 0 aliphatic carbocycles. The van der Waals surface area contributed by atoms with Crippen molar-refractivity contribution in [3.8, 4) is 0 Å². The van der Waals surface area contributed by atoms with Gasteiger partial charge in [-0.05, 0) is 24.1 Å². The fraction of sp³-hybridized carbons (Fsp3) is 0.318. The molecule has 4 amide bonds. The number of aryl methyl sites for hydroxylation is 1. The molecule has 1 aliphatic heterocycles. The summed E-state index contributed by atoms with van der Waals surface area (Å²) >= 11 is 1.32. The zero-order valence-corrected chi connectivity index (χ0v) is 18.3. The number of benzene rings is 2. The number of rotatable bonds is 3. The molecule has 0 saturated carbocycles. The van der Waals surface area contributed by atoms with Crippen molar-refractivity contribution in [3.05, 3.63) is 59.4 Å². The quantitative estimate of drug-likeness (QED) is 0.664. The Bertz CT molecular complexity index is 1060. The van der Waals surface area contributed by atoms with Crippen LogP contribution in [0.25, 0.3) is 10.2 Å². The first-order chi connectivity index (χ1) is 14.9. The van der Waals surface area contributed by atoms with Gasteiger partial charge >= 0.3 is 12.1 Å². The summed E-state index contributed by atoms with van der Waals surface area (Å²) in [5, 5.41) is 3.23. The molecular weight excluding hydrogens is 417 g/mol. The second-order valence-corrected chi connectivity index (χ2v) is 8.65. The molecule has 2 aromatic carbocycles. The lowest BCUT2D eigenvalue weighted by molar-refractivity contribution is 0.127. The van der Waals surface area contributed by atoms with E-state index >= 15 is 0 Å². The molecule has 1 aromatic heterocycles. The molecule has 4 rings (SSSR count). The first kappa shape index (κ1) is 21.0. The SMILES string of the molecule is Cc1cc2sc(NC(=O)N3CCN(C(=O)N(C)Cc4ccccc4)CC3)nc2cc1F. The van der Waals surface area contributed by atoms with Crippen LogP contribution in [0.4, 0.5) is 19.1 Å². The number of amides is 4. The van der Waals surface area contributed by atoms with Gasteiger partial charge in [0.2, 0.25) is 0 Å². The van der Waals surface area contributed by atoms with Crippen molar-refractivity contribution in [2.75, 3.05) is 38.5 Å². The smallest absolute Gasteiger partial charge is 0.323 e. The summed E-state index contributed by atoms with van der Waals surface area (Å²) in [7, 11) is 1.78. The van der Waals surface area contributed by atoms with Gasteiger partial charge in [-0.3, -0.25) is 5.32 Å². The maximum atomic E-state index is 13.7. The number of aromatic nitrogens is 1. The van der Waals surface area contributed by atoms with E-state index in [1.807, 2.05) is 30.3 Å². The molecule has 1 aliphatic rings. The molecule has 1 N–H and O–H groups in total. The first-order valence-corrected chi connectivity index (χ1v) is 10.9. The highest BCUT2D eigenvalue weighted by Crippen LogP contribution is 2.28. The minimum atomic E-state index is -0.311. The van der Waals surface area contributed by atoms with Crippen LogP contribution in [0.3, 0.4) is 0 Å². The maximum absolute atomic E-state index is 13.7. The molecule has 0 radical (unpaired) electrons. The average Bonchev–Trinajstić information content (AvgIpc) is 3.15. The monoisotopic (exact) mass is 441 g/mol. The van der Waals surface area contributed by atoms with Gasteiger partial charge in [0.1, 0.15) is 5.82 Å². The molecular formula is C22H24FN5O2S. The van der Waals surface area contributed by atoms with Gasteiger partial charge in [-0.15, -0.1) is 0 Å². The molecule has 1 fully saturated rings. The molecule has 0 atom stereocenters. The molecule has 0 bridgehead atoms. The molecule has 0 unspecified atom stereocenters. The summed E-state index contributed by atoms with van der Waals surface area (Å²) < 4.78 is 14.6. The number of hydrogen-bond donors (Lipinski definition) is 1. The van der Waals surface area contributed by atoms with E-state index in [4.69, 9.17) is 0 Å². The normalized spacial score (nSPS) is 14.0. The predicted octanol–water partition coefficient (Wildman–Crippen LogP) is 4.15. The van der Waals surface area contributed by atoms with E-state index in [1.54, 1.807) is 34.7 Å². The van der Waals surface area contributed by atoms with Crippen molar-refractivity contribution in [2.45, 2.75) is 13.5 Å². The second-order valence-electron chi connectivity index (χ2n) is 7.62. The lowest BCUT2D eigenvalue weighted by atomic mass is 10.2. The average molecular weight is 442 g/mol. The Morgan fingerprint density at radius 3 is 2.52 bits per heavy atom. The zero-order valence-electron chi connectivity index (χ0n) is 17.5. The van der Waals surface area contributed by atoms with Crippen LogP contribution in [0.2, 0.25) is 0 Å². The Morgan fingerprint density at radius 1 is 1.13 bits per heavy atom. The number of piperazine rings is 1. The van der Waals surface area contributed by atoms with Crippen LogP contribution in [0.15, 0.2) is 42.5 Å². The lowest BCUT2D eigenvalue weighted by Gasteiger charge is -2.36. The van der Waals surface area contributed by atoms with Crippen LogP contribution in [0.1, 0.15) is 11.1 Å². The number of carbonyl (C=O) groups is 2. The maximum Gasteiger partial charge on any atom is 0.323 e. The molecule has 9 heteroatoms. The second kappa shape index (κ2) is 8.89. The number of carbonyl (C=O) groups excluding carboxylic acids is 2. The Kier molecular flexibility index (Phi) is 6.03. The number of thiazole rings is 1. The highest BCUT2D eigenvalue weighted by atomic mass is 32.1. The largest absolute Gasteiger partial charge is 0.323 e. The first-order valence-electron chi connectivity index (χ1n) is 10.1. The van der Waals surface area contributed by atoms with E-state index in [9.17, 15) is 14.0 Å². The predicted molar refractivity (Wildman–Crippen MR) is 120 cm³/mol. The van der Waals surface area contributed by atoms with E-state index in [1.165, 1.54) is 17.4 Å². The van der Waals surface area contributed by atoms with Gasteiger partial charge < -0.3 is 14.7 Å². The molecule has 1 saturated heterocycles. The summed E-state index contributed by atoms with van der Waals surface area (Å²) in [5.41, 5.74) is 2.15. The fourth-order valence-electron chi connectivity index (χ4n) is 3.54. The Hall–Kier alpha value is -3.20. The van der Waals surface area contributed by atoms with Gasteiger partial charge in [-0.2, -0.15) is 0 Å². The molecule has 162 valence electrons. The van der Waals surface area contributed by atoms with Crippen LogP contribution in [0, 0.1) is 12.7 Å². The third-order valence-electron chi connectivity index (χ3n) is 5.31. The highest BCUT2D eigenvalue weighted by molar-refractivity contribution is 7.22. The zero-order chi connectivity index (χ0) is 22.0. The van der Waals surface area contributed by atoms with Gasteiger partial charge in [0.05, 0.1) is 10.2 Å². The Labute approximate surface area is 184 Å². The van der Waals surface area contributed by atoms with Crippen molar-refractivity contribution in [2.24, 2.45) is 0 Å². The third kappa shape index (κ3) is 4.77. The number of urea groups is 2. The van der Waals surface area contributed by atoms with Crippen LogP contribution < -0.4 is 5.32 Å². The highest BCUT2D eigenvalue weighted by Gasteiger charge is 2.26. The standard InChI is InChI=1S/C22H24FN5O2S/c1-15-12-19-18(13-17(15)23)24-20(31-19)25-21(29)27-8-10-28(11-9-27)22(30)26(2)14-16-6-4-3-5-7-16/h3-7,12-13H,8-11,14H2,1-2H3,(H,24,25,29). The minimum Gasteiger partial charge on any atom is -0.323 e. The number of nitrogens with zero attached hydrogens (tertiary/aromatic N) is 4. The number of fused-ring (bicyclic) bond motifs is 1. The summed E-state index contributed by atoms with van der Waals surface area (Å²) in [6.07, 6.45) is 0. The van der Waals surface area contributed by atoms with Crippen molar-refractivity contribution in [1.29, 1.82) is 0 Å². The Morgan fingerprint density at radius 2 is 1.81 bits per heavy atom. The lowest BCUT2D eigenvalue weighted by Crippen LogP contribution is -2.54. The summed E-state index contributed by atoms with van der Waals surface area (Å²) in [6.45, 7) is 4.05. The van der Waals surface area contributed by atoms with Gasteiger partial charge in [-0.25, -0.2) is 19.0 Å². The molecule has 7 nitrogen and oxygen atoms in total. The van der Waals surface area contributed by atoms with Crippen molar-refractivity contribution < 1.29 is 14.0 Å². The van der Waals surface area contributed by atoms with E-state index in [0.29, 0.717) is 48.9 Å². The van der Waals surface area contributed by atoms with Crippen LogP contribution in [-0.4, -0.2) is 65.0 Å². The third-order valence-corrected chi connectivity index (χ3v) is 6.24. The van der Waals surface area contributed by atoms with Gasteiger partial charge in [0, 0.05) is 45.8 Å². The molecule has 31 heavy (non-hydrogen) atoms. The number of anilines is 1. The van der Waals surface area contributed by atoms with Crippen molar-refractivity contribution >= 4 is 38.7 Å². The van der Waals surface area contributed by atoms with E-state index in [2.05, 4.69) is 10.3 Å². The number of nitrogens with one attached hydrogen (secondary N) is 1. The van der Waals surface area contributed by atoms with Crippen molar-refractivity contribution in [3.63, 3.8) is 0 Å². The van der Waals surface area contributed by atoms with E-state index in [-0.39, 0.29) is 17.9 Å². The van der Waals surface area contributed by atoms with Crippen LogP contribution in [0.5, 0.6) is 0 Å². The Balaban J connectivity index is 1.31. The molecule has 0 spiro atoms. The fourth-order valence-corrected chi connectivity index (χ4v) is 4.48. The number of hydrogen-bond acceptors (Lipinski definition) is 4. The van der Waals surface area contributed by atoms with Gasteiger partial charge in [0.25, 0.3) is 0 Å². The number of halogens is 1. The van der Waals surface area contributed by atoms with E-state index < -0.39 is 0 Å². The minimum absolute atomic E-state index is 0.0486. The summed E-state index contributed by atoms with van der Waals surface area (Å²) in [4.78, 5) is 34.8. The molecule has 2 heterocycles. The van der Waals surface area contributed by atoms with Gasteiger partial charge in [-0.1, -0.05) is 41.7 Å². The van der Waals surface area contributed by atoms with Gasteiger partial charge in [0.15, 0.2) is 5.13 Å². The van der Waals surface area contributed by atoms with Crippen LogP contribution >= 0.6 is 11.3 Å².